The van der Waals surface area contributed by atoms with Gasteiger partial charge in [0.25, 0.3) is 0 Å². The number of carbonyl (C=O) groups excluding carboxylic acids is 2. The lowest BCUT2D eigenvalue weighted by Crippen LogP contribution is -2.46. The minimum absolute atomic E-state index is 0.0162. The van der Waals surface area contributed by atoms with E-state index >= 15 is 0 Å². The molecule has 106 valence electrons. The largest absolute Gasteiger partial charge is 0.352 e. The summed E-state index contributed by atoms with van der Waals surface area (Å²) in [4.78, 5) is 24.5. The summed E-state index contributed by atoms with van der Waals surface area (Å²) in [6, 6.07) is 0.636. The minimum atomic E-state index is -0.713. The second-order valence-corrected chi connectivity index (χ2v) is 6.49. The topological polar surface area (TPSA) is 58.2 Å². The smallest absolute Gasteiger partial charge is 0.235 e. The van der Waals surface area contributed by atoms with E-state index in [1.807, 2.05) is 0 Å². The summed E-state index contributed by atoms with van der Waals surface area (Å²) in [5.74, 6) is -0.0429. The average molecular weight is 264 g/mol. The molecule has 0 aromatic heterocycles. The molecular weight excluding hydrogens is 240 g/mol. The molecule has 0 atom stereocenters. The molecule has 19 heavy (non-hydrogen) atoms. The molecule has 3 rings (SSSR count). The first-order chi connectivity index (χ1) is 9.21. The Hall–Kier alpha value is -1.06. The van der Waals surface area contributed by atoms with Crippen molar-refractivity contribution < 1.29 is 9.59 Å². The number of hydrogen-bond donors (Lipinski definition) is 2. The van der Waals surface area contributed by atoms with Crippen LogP contribution in [0.15, 0.2) is 0 Å². The molecule has 0 heterocycles. The number of amides is 2. The van der Waals surface area contributed by atoms with Gasteiger partial charge >= 0.3 is 0 Å². The monoisotopic (exact) mass is 264 g/mol. The fourth-order valence-electron chi connectivity index (χ4n) is 2.98. The third-order valence-electron chi connectivity index (χ3n) is 4.72. The van der Waals surface area contributed by atoms with Gasteiger partial charge < -0.3 is 10.6 Å². The second kappa shape index (κ2) is 5.14. The molecule has 3 aliphatic carbocycles. The standard InChI is InChI=1S/C15H24N2O2/c18-13(16-11-5-3-1-2-4-6-11)15(9-10-15)14(19)17-12-7-8-12/h11-12H,1-10H2,(H,16,18)(H,17,19). The molecule has 2 N–H and O–H groups in total. The molecule has 3 aliphatic rings. The predicted molar refractivity (Wildman–Crippen MR) is 72.5 cm³/mol. The lowest BCUT2D eigenvalue weighted by atomic mass is 10.0. The Morgan fingerprint density at radius 3 is 1.63 bits per heavy atom. The Morgan fingerprint density at radius 2 is 1.21 bits per heavy atom. The molecule has 0 bridgehead atoms. The lowest BCUT2D eigenvalue weighted by molar-refractivity contribution is -0.137. The van der Waals surface area contributed by atoms with Crippen molar-refractivity contribution in [3.05, 3.63) is 0 Å². The van der Waals surface area contributed by atoms with Crippen LogP contribution in [0.5, 0.6) is 0 Å². The molecule has 3 saturated carbocycles. The highest BCUT2D eigenvalue weighted by atomic mass is 16.2. The van der Waals surface area contributed by atoms with E-state index in [4.69, 9.17) is 0 Å². The Morgan fingerprint density at radius 1 is 0.737 bits per heavy atom. The maximum absolute atomic E-state index is 12.4. The van der Waals surface area contributed by atoms with Crippen LogP contribution < -0.4 is 10.6 Å². The fourth-order valence-corrected chi connectivity index (χ4v) is 2.98. The number of hydrogen-bond acceptors (Lipinski definition) is 2. The van der Waals surface area contributed by atoms with Crippen LogP contribution in [0.3, 0.4) is 0 Å². The van der Waals surface area contributed by atoms with E-state index in [0.29, 0.717) is 12.1 Å². The van der Waals surface area contributed by atoms with Gasteiger partial charge in [0.15, 0.2) is 0 Å². The van der Waals surface area contributed by atoms with E-state index < -0.39 is 5.41 Å². The molecule has 0 unspecified atom stereocenters. The Labute approximate surface area is 114 Å². The first-order valence-corrected chi connectivity index (χ1v) is 7.83. The SMILES string of the molecule is O=C(NC1CCCCCC1)C1(C(=O)NC2CC2)CC1. The zero-order chi connectivity index (χ0) is 13.3. The Bertz CT molecular complexity index is 364. The van der Waals surface area contributed by atoms with Gasteiger partial charge in [-0.05, 0) is 38.5 Å². The molecule has 4 nitrogen and oxygen atoms in total. The van der Waals surface area contributed by atoms with Crippen molar-refractivity contribution in [1.29, 1.82) is 0 Å². The van der Waals surface area contributed by atoms with Crippen LogP contribution in [0.4, 0.5) is 0 Å². The predicted octanol–water partition coefficient (Wildman–Crippen LogP) is 1.88. The molecule has 3 fully saturated rings. The molecular formula is C15H24N2O2. The van der Waals surface area contributed by atoms with Gasteiger partial charge in [0, 0.05) is 12.1 Å². The Kier molecular flexibility index (Phi) is 3.50. The van der Waals surface area contributed by atoms with Crippen LogP contribution in [0.2, 0.25) is 0 Å². The Balaban J connectivity index is 1.54. The quantitative estimate of drug-likeness (QED) is 0.601. The summed E-state index contributed by atoms with van der Waals surface area (Å²) in [6.07, 6.45) is 10.7. The summed E-state index contributed by atoms with van der Waals surface area (Å²) < 4.78 is 0. The summed E-state index contributed by atoms with van der Waals surface area (Å²) in [6.45, 7) is 0. The normalized spacial score (nSPS) is 26.3. The van der Waals surface area contributed by atoms with Crippen molar-refractivity contribution in [1.82, 2.24) is 10.6 Å². The van der Waals surface area contributed by atoms with Crippen molar-refractivity contribution in [2.24, 2.45) is 5.41 Å². The van der Waals surface area contributed by atoms with Crippen molar-refractivity contribution in [3.63, 3.8) is 0 Å². The highest BCUT2D eigenvalue weighted by Crippen LogP contribution is 2.47. The summed E-state index contributed by atoms with van der Waals surface area (Å²) in [7, 11) is 0. The van der Waals surface area contributed by atoms with Crippen LogP contribution in [0.1, 0.15) is 64.2 Å². The van der Waals surface area contributed by atoms with E-state index in [-0.39, 0.29) is 11.8 Å². The summed E-state index contributed by atoms with van der Waals surface area (Å²) in [5.41, 5.74) is -0.713. The molecule has 0 aliphatic heterocycles. The number of nitrogens with one attached hydrogen (secondary N) is 2. The fraction of sp³-hybridized carbons (Fsp3) is 0.867. The van der Waals surface area contributed by atoms with E-state index in [2.05, 4.69) is 10.6 Å². The highest BCUT2D eigenvalue weighted by molar-refractivity contribution is 6.08. The molecule has 0 radical (unpaired) electrons. The summed E-state index contributed by atoms with van der Waals surface area (Å²) >= 11 is 0. The highest BCUT2D eigenvalue weighted by Gasteiger charge is 2.57. The molecule has 0 aromatic carbocycles. The zero-order valence-corrected chi connectivity index (χ0v) is 11.5. The summed E-state index contributed by atoms with van der Waals surface area (Å²) in [5, 5.41) is 6.12. The minimum Gasteiger partial charge on any atom is -0.352 e. The van der Waals surface area contributed by atoms with Gasteiger partial charge in [0.1, 0.15) is 5.41 Å². The van der Waals surface area contributed by atoms with Crippen LogP contribution in [0, 0.1) is 5.41 Å². The third kappa shape index (κ3) is 2.93. The number of carbonyl (C=O) groups is 2. The van der Waals surface area contributed by atoms with Crippen molar-refractivity contribution in [2.45, 2.75) is 76.3 Å². The molecule has 0 aromatic rings. The van der Waals surface area contributed by atoms with Crippen LogP contribution in [-0.4, -0.2) is 23.9 Å². The molecule has 0 spiro atoms. The van der Waals surface area contributed by atoms with Crippen LogP contribution in [0.25, 0.3) is 0 Å². The first kappa shape index (κ1) is 12.9. The van der Waals surface area contributed by atoms with E-state index in [1.54, 1.807) is 0 Å². The lowest BCUT2D eigenvalue weighted by Gasteiger charge is -2.21. The molecule has 0 saturated heterocycles. The average Bonchev–Trinajstić information content (AvgIpc) is 3.26. The van der Waals surface area contributed by atoms with Gasteiger partial charge in [0.05, 0.1) is 0 Å². The van der Waals surface area contributed by atoms with Gasteiger partial charge in [-0.15, -0.1) is 0 Å². The van der Waals surface area contributed by atoms with Gasteiger partial charge in [-0.2, -0.15) is 0 Å². The third-order valence-corrected chi connectivity index (χ3v) is 4.72. The van der Waals surface area contributed by atoms with Crippen molar-refractivity contribution in [3.8, 4) is 0 Å². The van der Waals surface area contributed by atoms with Crippen LogP contribution >= 0.6 is 0 Å². The van der Waals surface area contributed by atoms with Crippen molar-refractivity contribution in [2.75, 3.05) is 0 Å². The maximum atomic E-state index is 12.4. The van der Waals surface area contributed by atoms with Gasteiger partial charge in [-0.3, -0.25) is 9.59 Å². The molecule has 4 heteroatoms. The van der Waals surface area contributed by atoms with Crippen molar-refractivity contribution >= 4 is 11.8 Å². The zero-order valence-electron chi connectivity index (χ0n) is 11.5. The van der Waals surface area contributed by atoms with Crippen LogP contribution in [-0.2, 0) is 9.59 Å². The van der Waals surface area contributed by atoms with E-state index in [9.17, 15) is 9.59 Å². The first-order valence-electron chi connectivity index (χ1n) is 7.83. The number of rotatable bonds is 4. The van der Waals surface area contributed by atoms with E-state index in [1.165, 1.54) is 25.7 Å². The molecule has 2 amide bonds. The van der Waals surface area contributed by atoms with Gasteiger partial charge in [-0.25, -0.2) is 0 Å². The maximum Gasteiger partial charge on any atom is 0.235 e. The second-order valence-electron chi connectivity index (χ2n) is 6.49. The van der Waals surface area contributed by atoms with Gasteiger partial charge in [-0.1, -0.05) is 25.7 Å². The van der Waals surface area contributed by atoms with E-state index in [0.717, 1.165) is 38.5 Å². The van der Waals surface area contributed by atoms with Gasteiger partial charge in [0.2, 0.25) is 11.8 Å².